The third-order valence-electron chi connectivity index (χ3n) is 4.10. The number of ether oxygens (including phenoxy) is 2. The fourth-order valence-electron chi connectivity index (χ4n) is 2.63. The van der Waals surface area contributed by atoms with Crippen LogP contribution in [0.1, 0.15) is 30.4 Å². The Balaban J connectivity index is 1.61. The maximum atomic E-state index is 5.99. The van der Waals surface area contributed by atoms with Crippen LogP contribution in [0.3, 0.4) is 0 Å². The van der Waals surface area contributed by atoms with E-state index in [1.165, 1.54) is 30.4 Å². The molecule has 0 bridgehead atoms. The molecular formula is C16H23NO2. The number of aryl methyl sites for hydroxylation is 1. The summed E-state index contributed by atoms with van der Waals surface area (Å²) in [6.45, 7) is 6.98. The lowest BCUT2D eigenvalue weighted by molar-refractivity contribution is 0.0341. The molecule has 1 aliphatic heterocycles. The van der Waals surface area contributed by atoms with E-state index in [1.54, 1.807) is 0 Å². The summed E-state index contributed by atoms with van der Waals surface area (Å²) >= 11 is 0. The first-order valence-corrected chi connectivity index (χ1v) is 7.37. The normalized spacial score (nSPS) is 21.1. The fourth-order valence-corrected chi connectivity index (χ4v) is 2.63. The maximum Gasteiger partial charge on any atom is 0.122 e. The van der Waals surface area contributed by atoms with Gasteiger partial charge >= 0.3 is 0 Å². The predicted molar refractivity (Wildman–Crippen MR) is 75.5 cm³/mol. The van der Waals surface area contributed by atoms with Gasteiger partial charge in [0.05, 0.1) is 19.3 Å². The highest BCUT2D eigenvalue weighted by molar-refractivity contribution is 5.36. The SMILES string of the molecule is Cc1cc(CN2CCOCC2)ccc1OC1CCC1. The minimum atomic E-state index is 0.462. The van der Waals surface area contributed by atoms with E-state index in [4.69, 9.17) is 9.47 Å². The van der Waals surface area contributed by atoms with E-state index in [9.17, 15) is 0 Å². The molecule has 1 aromatic carbocycles. The van der Waals surface area contributed by atoms with E-state index in [0.29, 0.717) is 6.10 Å². The van der Waals surface area contributed by atoms with Crippen molar-refractivity contribution >= 4 is 0 Å². The van der Waals surface area contributed by atoms with Crippen molar-refractivity contribution < 1.29 is 9.47 Å². The van der Waals surface area contributed by atoms with Crippen LogP contribution in [-0.4, -0.2) is 37.3 Å². The van der Waals surface area contributed by atoms with Gasteiger partial charge in [0.25, 0.3) is 0 Å². The fraction of sp³-hybridized carbons (Fsp3) is 0.625. The zero-order valence-electron chi connectivity index (χ0n) is 11.7. The Morgan fingerprint density at radius 2 is 2.05 bits per heavy atom. The van der Waals surface area contributed by atoms with Gasteiger partial charge in [-0.3, -0.25) is 4.90 Å². The summed E-state index contributed by atoms with van der Waals surface area (Å²) < 4.78 is 11.4. The summed E-state index contributed by atoms with van der Waals surface area (Å²) in [5.74, 6) is 1.07. The highest BCUT2D eigenvalue weighted by Gasteiger charge is 2.20. The van der Waals surface area contributed by atoms with Crippen molar-refractivity contribution in [3.8, 4) is 5.75 Å². The molecule has 1 saturated carbocycles. The Morgan fingerprint density at radius 1 is 1.26 bits per heavy atom. The monoisotopic (exact) mass is 261 g/mol. The molecule has 0 unspecified atom stereocenters. The molecule has 3 nitrogen and oxygen atoms in total. The first-order chi connectivity index (χ1) is 9.31. The summed E-state index contributed by atoms with van der Waals surface area (Å²) in [7, 11) is 0. The zero-order chi connectivity index (χ0) is 13.1. The number of nitrogens with zero attached hydrogens (tertiary/aromatic N) is 1. The predicted octanol–water partition coefficient (Wildman–Crippen LogP) is 2.76. The van der Waals surface area contributed by atoms with Crippen LogP contribution < -0.4 is 4.74 Å². The minimum Gasteiger partial charge on any atom is -0.490 e. The number of hydrogen-bond acceptors (Lipinski definition) is 3. The first kappa shape index (κ1) is 12.9. The van der Waals surface area contributed by atoms with Gasteiger partial charge < -0.3 is 9.47 Å². The summed E-state index contributed by atoms with van der Waals surface area (Å²) in [5, 5.41) is 0. The van der Waals surface area contributed by atoms with E-state index >= 15 is 0 Å². The van der Waals surface area contributed by atoms with E-state index < -0.39 is 0 Å². The van der Waals surface area contributed by atoms with Crippen LogP contribution in [0.15, 0.2) is 18.2 Å². The van der Waals surface area contributed by atoms with Crippen molar-refractivity contribution in [2.45, 2.75) is 38.8 Å². The molecule has 1 saturated heterocycles. The zero-order valence-corrected chi connectivity index (χ0v) is 11.7. The molecule has 1 aliphatic carbocycles. The molecule has 1 aromatic rings. The average molecular weight is 261 g/mol. The average Bonchev–Trinajstić information content (AvgIpc) is 2.37. The van der Waals surface area contributed by atoms with E-state index in [-0.39, 0.29) is 0 Å². The molecule has 0 amide bonds. The van der Waals surface area contributed by atoms with Crippen LogP contribution in [-0.2, 0) is 11.3 Å². The molecule has 0 radical (unpaired) electrons. The lowest BCUT2D eigenvalue weighted by atomic mass is 9.96. The second-order valence-corrected chi connectivity index (χ2v) is 5.66. The lowest BCUT2D eigenvalue weighted by Gasteiger charge is -2.28. The third kappa shape index (κ3) is 3.28. The van der Waals surface area contributed by atoms with Gasteiger partial charge in [0.2, 0.25) is 0 Å². The lowest BCUT2D eigenvalue weighted by Crippen LogP contribution is -2.35. The largest absolute Gasteiger partial charge is 0.490 e. The molecule has 0 N–H and O–H groups in total. The highest BCUT2D eigenvalue weighted by atomic mass is 16.5. The van der Waals surface area contributed by atoms with E-state index in [0.717, 1.165) is 38.6 Å². The molecule has 0 spiro atoms. The van der Waals surface area contributed by atoms with Crippen LogP contribution >= 0.6 is 0 Å². The highest BCUT2D eigenvalue weighted by Crippen LogP contribution is 2.28. The maximum absolute atomic E-state index is 5.99. The standard InChI is InChI=1S/C16H23NO2/c1-13-11-14(12-17-7-9-18-10-8-17)5-6-16(13)19-15-3-2-4-15/h5-6,11,15H,2-4,7-10,12H2,1H3. The summed E-state index contributed by atoms with van der Waals surface area (Å²) in [6, 6.07) is 6.61. The Morgan fingerprint density at radius 3 is 2.68 bits per heavy atom. The van der Waals surface area contributed by atoms with Crippen LogP contribution in [0.5, 0.6) is 5.75 Å². The van der Waals surface area contributed by atoms with Crippen molar-refractivity contribution in [1.82, 2.24) is 4.90 Å². The molecule has 0 atom stereocenters. The molecular weight excluding hydrogens is 238 g/mol. The molecule has 3 heteroatoms. The Kier molecular flexibility index (Phi) is 4.04. The van der Waals surface area contributed by atoms with Gasteiger partial charge in [0.1, 0.15) is 5.75 Å². The second-order valence-electron chi connectivity index (χ2n) is 5.66. The van der Waals surface area contributed by atoms with Gasteiger partial charge in [-0.05, 0) is 43.4 Å². The molecule has 104 valence electrons. The van der Waals surface area contributed by atoms with Gasteiger partial charge in [-0.1, -0.05) is 12.1 Å². The van der Waals surface area contributed by atoms with Crippen LogP contribution in [0.4, 0.5) is 0 Å². The van der Waals surface area contributed by atoms with E-state index in [2.05, 4.69) is 30.0 Å². The van der Waals surface area contributed by atoms with Gasteiger partial charge in [0, 0.05) is 19.6 Å². The van der Waals surface area contributed by atoms with Crippen molar-refractivity contribution in [2.24, 2.45) is 0 Å². The Labute approximate surface area is 115 Å². The van der Waals surface area contributed by atoms with Crippen molar-refractivity contribution in [2.75, 3.05) is 26.3 Å². The minimum absolute atomic E-state index is 0.462. The Hall–Kier alpha value is -1.06. The topological polar surface area (TPSA) is 21.7 Å². The summed E-state index contributed by atoms with van der Waals surface area (Å²) in [4.78, 5) is 2.45. The van der Waals surface area contributed by atoms with Crippen molar-refractivity contribution in [3.05, 3.63) is 29.3 Å². The van der Waals surface area contributed by atoms with Gasteiger partial charge in [-0.25, -0.2) is 0 Å². The molecule has 0 aromatic heterocycles. The molecule has 1 heterocycles. The molecule has 2 fully saturated rings. The molecule has 2 aliphatic rings. The third-order valence-corrected chi connectivity index (χ3v) is 4.10. The quantitative estimate of drug-likeness (QED) is 0.832. The van der Waals surface area contributed by atoms with Crippen molar-refractivity contribution in [1.29, 1.82) is 0 Å². The van der Waals surface area contributed by atoms with E-state index in [1.807, 2.05) is 0 Å². The van der Waals surface area contributed by atoms with Gasteiger partial charge in [0.15, 0.2) is 0 Å². The number of rotatable bonds is 4. The number of benzene rings is 1. The van der Waals surface area contributed by atoms with Crippen molar-refractivity contribution in [3.63, 3.8) is 0 Å². The molecule has 3 rings (SSSR count). The number of morpholine rings is 1. The molecule has 19 heavy (non-hydrogen) atoms. The van der Waals surface area contributed by atoms with Gasteiger partial charge in [-0.15, -0.1) is 0 Å². The van der Waals surface area contributed by atoms with Crippen LogP contribution in [0.25, 0.3) is 0 Å². The number of hydrogen-bond donors (Lipinski definition) is 0. The Bertz CT molecular complexity index is 423. The second kappa shape index (κ2) is 5.93. The van der Waals surface area contributed by atoms with Gasteiger partial charge in [-0.2, -0.15) is 0 Å². The van der Waals surface area contributed by atoms with Crippen LogP contribution in [0.2, 0.25) is 0 Å². The summed E-state index contributed by atoms with van der Waals surface area (Å²) in [6.07, 6.45) is 4.21. The summed E-state index contributed by atoms with van der Waals surface area (Å²) in [5.41, 5.74) is 2.64. The van der Waals surface area contributed by atoms with Crippen LogP contribution in [0, 0.1) is 6.92 Å². The smallest absolute Gasteiger partial charge is 0.122 e. The first-order valence-electron chi connectivity index (χ1n) is 7.37.